The minimum atomic E-state index is -0.118. The third-order valence-electron chi connectivity index (χ3n) is 3.80. The number of unbranched alkanes of at least 4 members (excludes halogenated alkanes) is 1. The van der Waals surface area contributed by atoms with Crippen molar-refractivity contribution in [3.8, 4) is 0 Å². The van der Waals surface area contributed by atoms with Crippen LogP contribution in [0.25, 0.3) is 0 Å². The Hall–Kier alpha value is -0.160. The largest absolute Gasteiger partial charge is 0.394 e. The van der Waals surface area contributed by atoms with Crippen molar-refractivity contribution >= 4 is 0 Å². The van der Waals surface area contributed by atoms with Crippen LogP contribution in [-0.4, -0.2) is 62.0 Å². The van der Waals surface area contributed by atoms with Crippen LogP contribution >= 0.6 is 0 Å². The van der Waals surface area contributed by atoms with Crippen LogP contribution in [0.4, 0.5) is 0 Å². The second-order valence-electron chi connectivity index (χ2n) is 5.89. The Kier molecular flexibility index (Phi) is 10.5. The summed E-state index contributed by atoms with van der Waals surface area (Å²) < 4.78 is 5.16. The van der Waals surface area contributed by atoms with Gasteiger partial charge in [0, 0.05) is 18.7 Å². The van der Waals surface area contributed by atoms with Gasteiger partial charge in [0.05, 0.1) is 13.2 Å². The lowest BCUT2D eigenvalue weighted by Gasteiger charge is -2.29. The van der Waals surface area contributed by atoms with E-state index in [1.807, 2.05) is 0 Å². The molecule has 2 N–H and O–H groups in total. The average molecular weight is 274 g/mol. The molecule has 116 valence electrons. The molecule has 0 saturated heterocycles. The lowest BCUT2D eigenvalue weighted by molar-refractivity contribution is 0.112. The van der Waals surface area contributed by atoms with Gasteiger partial charge in [-0.1, -0.05) is 13.3 Å². The molecule has 0 aliphatic rings. The van der Waals surface area contributed by atoms with Gasteiger partial charge in [0.1, 0.15) is 0 Å². The summed E-state index contributed by atoms with van der Waals surface area (Å²) in [5.74, 6) is 0. The summed E-state index contributed by atoms with van der Waals surface area (Å²) in [5.41, 5.74) is -0.118. The first-order valence-corrected chi connectivity index (χ1v) is 7.54. The fourth-order valence-electron chi connectivity index (χ4n) is 2.12. The van der Waals surface area contributed by atoms with Crippen LogP contribution in [0.1, 0.15) is 46.5 Å². The molecule has 4 nitrogen and oxygen atoms in total. The second kappa shape index (κ2) is 10.6. The predicted octanol–water partition coefficient (Wildman–Crippen LogP) is 1.87. The molecule has 0 aromatic carbocycles. The van der Waals surface area contributed by atoms with Gasteiger partial charge in [-0.15, -0.1) is 0 Å². The van der Waals surface area contributed by atoms with E-state index in [-0.39, 0.29) is 12.1 Å². The molecule has 0 spiro atoms. The lowest BCUT2D eigenvalue weighted by Crippen LogP contribution is -2.46. The maximum atomic E-state index is 9.49. The molecular formula is C15H34N2O2. The van der Waals surface area contributed by atoms with Gasteiger partial charge in [-0.25, -0.2) is 0 Å². The molecule has 0 aliphatic carbocycles. The van der Waals surface area contributed by atoms with E-state index in [9.17, 15) is 5.11 Å². The highest BCUT2D eigenvalue weighted by Crippen LogP contribution is 2.14. The zero-order valence-electron chi connectivity index (χ0n) is 13.5. The zero-order valence-corrected chi connectivity index (χ0v) is 13.5. The fraction of sp³-hybridized carbons (Fsp3) is 1.00. The van der Waals surface area contributed by atoms with E-state index in [1.165, 1.54) is 0 Å². The van der Waals surface area contributed by atoms with Gasteiger partial charge in [0.2, 0.25) is 0 Å². The maximum absolute atomic E-state index is 9.49. The van der Waals surface area contributed by atoms with E-state index >= 15 is 0 Å². The summed E-state index contributed by atoms with van der Waals surface area (Å²) in [5, 5.41) is 12.9. The van der Waals surface area contributed by atoms with Crippen molar-refractivity contribution in [3.63, 3.8) is 0 Å². The van der Waals surface area contributed by atoms with Gasteiger partial charge in [-0.05, 0) is 53.2 Å². The molecule has 0 aromatic rings. The quantitative estimate of drug-likeness (QED) is 0.533. The standard InChI is InChI=1S/C15H34N2O2/c1-6-10-16-15(3,13-18)9-7-8-11-17(4)14(2)12-19-5/h14,16,18H,6-13H2,1-5H3. The van der Waals surface area contributed by atoms with E-state index in [4.69, 9.17) is 4.74 Å². The van der Waals surface area contributed by atoms with Crippen LogP contribution in [0.15, 0.2) is 0 Å². The Bertz CT molecular complexity index is 214. The highest BCUT2D eigenvalue weighted by molar-refractivity contribution is 4.82. The number of nitrogens with one attached hydrogen (secondary N) is 1. The SMILES string of the molecule is CCCNC(C)(CO)CCCCN(C)C(C)COC. The number of hydrogen-bond donors (Lipinski definition) is 2. The van der Waals surface area contributed by atoms with Crippen LogP contribution in [0.2, 0.25) is 0 Å². The summed E-state index contributed by atoms with van der Waals surface area (Å²) in [6.07, 6.45) is 4.43. The van der Waals surface area contributed by atoms with Gasteiger partial charge < -0.3 is 20.1 Å². The first kappa shape index (κ1) is 18.8. The summed E-state index contributed by atoms with van der Waals surface area (Å²) in [7, 11) is 3.89. The molecule has 0 amide bonds. The second-order valence-corrected chi connectivity index (χ2v) is 5.89. The van der Waals surface area contributed by atoms with Gasteiger partial charge >= 0.3 is 0 Å². The molecule has 0 aliphatic heterocycles. The van der Waals surface area contributed by atoms with E-state index in [2.05, 4.69) is 38.0 Å². The normalized spacial score (nSPS) is 16.6. The first-order valence-electron chi connectivity index (χ1n) is 7.54. The molecule has 0 fully saturated rings. The first-order chi connectivity index (χ1) is 8.99. The third-order valence-corrected chi connectivity index (χ3v) is 3.80. The molecule has 0 bridgehead atoms. The molecular weight excluding hydrogens is 240 g/mol. The van der Waals surface area contributed by atoms with Crippen LogP contribution in [0, 0.1) is 0 Å². The Labute approximate surface area is 119 Å². The van der Waals surface area contributed by atoms with Crippen LogP contribution in [0.3, 0.4) is 0 Å². The number of hydrogen-bond acceptors (Lipinski definition) is 4. The van der Waals surface area contributed by atoms with Crippen molar-refractivity contribution in [2.75, 3.05) is 40.5 Å². The number of rotatable bonds is 12. The number of likely N-dealkylation sites (N-methyl/N-ethyl adjacent to an activating group) is 1. The minimum Gasteiger partial charge on any atom is -0.394 e. The Morgan fingerprint density at radius 3 is 2.58 bits per heavy atom. The monoisotopic (exact) mass is 274 g/mol. The molecule has 0 rings (SSSR count). The summed E-state index contributed by atoms with van der Waals surface area (Å²) in [4.78, 5) is 2.33. The molecule has 19 heavy (non-hydrogen) atoms. The molecule has 0 heterocycles. The zero-order chi connectivity index (χ0) is 14.7. The van der Waals surface area contributed by atoms with E-state index in [0.717, 1.165) is 45.4 Å². The highest BCUT2D eigenvalue weighted by Gasteiger charge is 2.21. The molecule has 2 atom stereocenters. The predicted molar refractivity (Wildman–Crippen MR) is 81.6 cm³/mol. The molecule has 0 aromatic heterocycles. The van der Waals surface area contributed by atoms with Crippen molar-refractivity contribution in [1.29, 1.82) is 0 Å². The summed E-state index contributed by atoms with van der Waals surface area (Å²) >= 11 is 0. The van der Waals surface area contributed by atoms with Gasteiger partial charge in [-0.2, -0.15) is 0 Å². The van der Waals surface area contributed by atoms with Crippen molar-refractivity contribution in [3.05, 3.63) is 0 Å². The van der Waals surface area contributed by atoms with Crippen LogP contribution < -0.4 is 5.32 Å². The summed E-state index contributed by atoms with van der Waals surface area (Å²) in [6, 6.07) is 0.465. The Morgan fingerprint density at radius 2 is 2.05 bits per heavy atom. The van der Waals surface area contributed by atoms with Crippen molar-refractivity contribution in [2.45, 2.75) is 58.0 Å². The molecule has 0 radical (unpaired) electrons. The number of aliphatic hydroxyl groups excluding tert-OH is 1. The summed E-state index contributed by atoms with van der Waals surface area (Å²) in [6.45, 7) is 9.49. The van der Waals surface area contributed by atoms with E-state index in [1.54, 1.807) is 7.11 Å². The third kappa shape index (κ3) is 8.58. The Balaban J connectivity index is 3.82. The Morgan fingerprint density at radius 1 is 1.37 bits per heavy atom. The van der Waals surface area contributed by atoms with Crippen molar-refractivity contribution in [2.24, 2.45) is 0 Å². The van der Waals surface area contributed by atoms with Gasteiger partial charge in [-0.3, -0.25) is 0 Å². The highest BCUT2D eigenvalue weighted by atomic mass is 16.5. The molecule has 2 unspecified atom stereocenters. The average Bonchev–Trinajstić information content (AvgIpc) is 2.41. The lowest BCUT2D eigenvalue weighted by atomic mass is 9.95. The molecule has 0 saturated carbocycles. The van der Waals surface area contributed by atoms with Crippen molar-refractivity contribution in [1.82, 2.24) is 10.2 Å². The minimum absolute atomic E-state index is 0.118. The number of ether oxygens (including phenoxy) is 1. The van der Waals surface area contributed by atoms with Gasteiger partial charge in [0.25, 0.3) is 0 Å². The smallest absolute Gasteiger partial charge is 0.0615 e. The number of nitrogens with zero attached hydrogens (tertiary/aromatic N) is 1. The maximum Gasteiger partial charge on any atom is 0.0615 e. The van der Waals surface area contributed by atoms with Crippen LogP contribution in [0.5, 0.6) is 0 Å². The van der Waals surface area contributed by atoms with Crippen LogP contribution in [-0.2, 0) is 4.74 Å². The number of methoxy groups -OCH3 is 1. The van der Waals surface area contributed by atoms with Gasteiger partial charge in [0.15, 0.2) is 0 Å². The fourth-order valence-corrected chi connectivity index (χ4v) is 2.12. The number of aliphatic hydroxyl groups is 1. The van der Waals surface area contributed by atoms with E-state index < -0.39 is 0 Å². The van der Waals surface area contributed by atoms with E-state index in [0.29, 0.717) is 6.04 Å². The van der Waals surface area contributed by atoms with Crippen molar-refractivity contribution < 1.29 is 9.84 Å². The molecule has 4 heteroatoms. The topological polar surface area (TPSA) is 44.7 Å².